The minimum absolute atomic E-state index is 0.376. The number of aliphatic hydroxyl groups is 1. The second kappa shape index (κ2) is 10.8. The van der Waals surface area contributed by atoms with Crippen molar-refractivity contribution in [1.29, 1.82) is 0 Å². The van der Waals surface area contributed by atoms with E-state index in [2.05, 4.69) is 10.6 Å². The van der Waals surface area contributed by atoms with Gasteiger partial charge in [0.2, 0.25) is 17.7 Å². The highest BCUT2D eigenvalue weighted by atomic mass is 32.2. The van der Waals surface area contributed by atoms with E-state index in [-0.39, 0.29) is 0 Å². The number of thioether (sulfide) groups is 1. The third-order valence-electron chi connectivity index (χ3n) is 3.05. The van der Waals surface area contributed by atoms with Crippen LogP contribution in [0, 0.1) is 0 Å². The maximum atomic E-state index is 12.1. The predicted molar refractivity (Wildman–Crippen MR) is 88.0 cm³/mol. The van der Waals surface area contributed by atoms with Crippen LogP contribution in [0.15, 0.2) is 0 Å². The van der Waals surface area contributed by atoms with Gasteiger partial charge in [-0.2, -0.15) is 11.8 Å². The summed E-state index contributed by atoms with van der Waals surface area (Å²) in [5, 5.41) is 23.0. The van der Waals surface area contributed by atoms with Gasteiger partial charge in [-0.1, -0.05) is 0 Å². The zero-order valence-electron chi connectivity index (χ0n) is 13.5. The van der Waals surface area contributed by atoms with Crippen molar-refractivity contribution in [2.75, 3.05) is 12.0 Å². The summed E-state index contributed by atoms with van der Waals surface area (Å²) < 4.78 is 0. The largest absolute Gasteiger partial charge is 0.480 e. The Morgan fingerprint density at radius 3 is 2.17 bits per heavy atom. The van der Waals surface area contributed by atoms with Crippen molar-refractivity contribution in [3.8, 4) is 0 Å². The molecule has 0 aliphatic heterocycles. The van der Waals surface area contributed by atoms with Crippen LogP contribution in [0.3, 0.4) is 0 Å². The number of carbonyl (C=O) groups is 4. The molecule has 0 aromatic heterocycles. The lowest BCUT2D eigenvalue weighted by Crippen LogP contribution is -2.58. The molecule has 3 amide bonds. The van der Waals surface area contributed by atoms with Gasteiger partial charge in [0.05, 0.1) is 18.6 Å². The Morgan fingerprint density at radius 2 is 1.75 bits per heavy atom. The Hall–Kier alpha value is -1.85. The summed E-state index contributed by atoms with van der Waals surface area (Å²) in [5.41, 5.74) is 10.6. The standard InChI is InChI=1S/C13H24N4O6S/c1-6(18)10(17-11(20)7(14)3-4-24-2)12(21)16-8(13(22)23)5-9(15)19/h6-8,10,18H,3-5,14H2,1-2H3,(H2,15,19)(H,16,21)(H,17,20)(H,22,23). The van der Waals surface area contributed by atoms with Gasteiger partial charge >= 0.3 is 5.97 Å². The lowest BCUT2D eigenvalue weighted by molar-refractivity contribution is -0.144. The second-order valence-corrected chi connectivity index (χ2v) is 6.17. The van der Waals surface area contributed by atoms with E-state index in [0.29, 0.717) is 12.2 Å². The molecule has 138 valence electrons. The van der Waals surface area contributed by atoms with Crippen LogP contribution in [0.1, 0.15) is 19.8 Å². The molecule has 0 saturated carbocycles. The molecule has 0 aliphatic carbocycles. The Kier molecular flexibility index (Phi) is 10.0. The number of aliphatic hydroxyl groups excluding tert-OH is 1. The first-order chi connectivity index (χ1) is 11.1. The smallest absolute Gasteiger partial charge is 0.326 e. The number of carboxylic acid groups (broad SMARTS) is 1. The van der Waals surface area contributed by atoms with Crippen LogP contribution in [0.2, 0.25) is 0 Å². The number of carboxylic acids is 1. The number of rotatable bonds is 11. The number of carbonyl (C=O) groups excluding carboxylic acids is 3. The molecule has 4 atom stereocenters. The molecule has 4 unspecified atom stereocenters. The fourth-order valence-corrected chi connectivity index (χ4v) is 2.19. The van der Waals surface area contributed by atoms with Crippen molar-refractivity contribution in [2.24, 2.45) is 11.5 Å². The van der Waals surface area contributed by atoms with E-state index in [9.17, 15) is 24.3 Å². The van der Waals surface area contributed by atoms with Crippen LogP contribution in [0.5, 0.6) is 0 Å². The summed E-state index contributed by atoms with van der Waals surface area (Å²) in [4.78, 5) is 45.9. The van der Waals surface area contributed by atoms with E-state index in [4.69, 9.17) is 16.6 Å². The molecule has 10 nitrogen and oxygen atoms in total. The van der Waals surface area contributed by atoms with Crippen molar-refractivity contribution < 1.29 is 29.4 Å². The summed E-state index contributed by atoms with van der Waals surface area (Å²) in [6.07, 6.45) is 0.307. The molecule has 0 spiro atoms. The van der Waals surface area contributed by atoms with E-state index in [1.54, 1.807) is 0 Å². The highest BCUT2D eigenvalue weighted by molar-refractivity contribution is 7.98. The molecular formula is C13H24N4O6S. The van der Waals surface area contributed by atoms with Gasteiger partial charge < -0.3 is 32.3 Å². The third kappa shape index (κ3) is 8.13. The van der Waals surface area contributed by atoms with E-state index >= 15 is 0 Å². The zero-order chi connectivity index (χ0) is 18.9. The first-order valence-electron chi connectivity index (χ1n) is 7.14. The van der Waals surface area contributed by atoms with Gasteiger partial charge in [0, 0.05) is 0 Å². The predicted octanol–water partition coefficient (Wildman–Crippen LogP) is -2.62. The summed E-state index contributed by atoms with van der Waals surface area (Å²) >= 11 is 1.50. The number of hydrogen-bond donors (Lipinski definition) is 6. The summed E-state index contributed by atoms with van der Waals surface area (Å²) in [5.74, 6) is -3.34. The average Bonchev–Trinajstić information content (AvgIpc) is 2.47. The van der Waals surface area contributed by atoms with Crippen LogP contribution >= 0.6 is 11.8 Å². The number of hydrogen-bond acceptors (Lipinski definition) is 7. The summed E-state index contributed by atoms with van der Waals surface area (Å²) in [6, 6.07) is -3.83. The summed E-state index contributed by atoms with van der Waals surface area (Å²) in [7, 11) is 0. The number of amides is 3. The van der Waals surface area contributed by atoms with E-state index in [0.717, 1.165) is 0 Å². The Balaban J connectivity index is 4.91. The number of nitrogens with two attached hydrogens (primary N) is 2. The van der Waals surface area contributed by atoms with Crippen LogP contribution < -0.4 is 22.1 Å². The third-order valence-corrected chi connectivity index (χ3v) is 3.70. The first-order valence-corrected chi connectivity index (χ1v) is 8.54. The van der Waals surface area contributed by atoms with Crippen LogP contribution in [-0.4, -0.2) is 70.1 Å². The molecule has 0 aromatic carbocycles. The Morgan fingerprint density at radius 1 is 1.17 bits per heavy atom. The lowest BCUT2D eigenvalue weighted by Gasteiger charge is -2.24. The molecule has 0 fully saturated rings. The molecule has 0 rings (SSSR count). The highest BCUT2D eigenvalue weighted by Crippen LogP contribution is 2.02. The zero-order valence-corrected chi connectivity index (χ0v) is 14.3. The molecule has 0 saturated heterocycles. The van der Waals surface area contributed by atoms with Gasteiger partial charge in [-0.05, 0) is 25.4 Å². The number of primary amides is 1. The molecule has 0 bridgehead atoms. The fourth-order valence-electron chi connectivity index (χ4n) is 1.70. The molecule has 0 heterocycles. The average molecular weight is 364 g/mol. The van der Waals surface area contributed by atoms with E-state index in [1.807, 2.05) is 6.26 Å². The van der Waals surface area contributed by atoms with Gasteiger partial charge in [0.15, 0.2) is 0 Å². The molecule has 11 heteroatoms. The van der Waals surface area contributed by atoms with Crippen LogP contribution in [0.4, 0.5) is 0 Å². The quantitative estimate of drug-likeness (QED) is 0.230. The van der Waals surface area contributed by atoms with Crippen molar-refractivity contribution in [3.63, 3.8) is 0 Å². The van der Waals surface area contributed by atoms with Gasteiger partial charge in [0.25, 0.3) is 0 Å². The Labute approximate surface area is 143 Å². The molecular weight excluding hydrogens is 340 g/mol. The lowest BCUT2D eigenvalue weighted by atomic mass is 10.1. The van der Waals surface area contributed by atoms with Gasteiger partial charge in [-0.25, -0.2) is 4.79 Å². The molecule has 8 N–H and O–H groups in total. The van der Waals surface area contributed by atoms with Crippen molar-refractivity contribution in [3.05, 3.63) is 0 Å². The number of aliphatic carboxylic acids is 1. The Bertz CT molecular complexity index is 473. The fraction of sp³-hybridized carbons (Fsp3) is 0.692. The normalized spacial score (nSPS) is 15.7. The minimum atomic E-state index is -1.56. The van der Waals surface area contributed by atoms with Crippen molar-refractivity contribution >= 4 is 35.5 Å². The van der Waals surface area contributed by atoms with Crippen LogP contribution in [0.25, 0.3) is 0 Å². The molecule has 0 aromatic rings. The monoisotopic (exact) mass is 364 g/mol. The van der Waals surface area contributed by atoms with E-state index in [1.165, 1.54) is 18.7 Å². The van der Waals surface area contributed by atoms with Crippen molar-refractivity contribution in [2.45, 2.75) is 44.0 Å². The maximum absolute atomic E-state index is 12.1. The minimum Gasteiger partial charge on any atom is -0.480 e. The maximum Gasteiger partial charge on any atom is 0.326 e. The van der Waals surface area contributed by atoms with Gasteiger partial charge in [0.1, 0.15) is 12.1 Å². The van der Waals surface area contributed by atoms with Crippen molar-refractivity contribution in [1.82, 2.24) is 10.6 Å². The summed E-state index contributed by atoms with van der Waals surface area (Å²) in [6.45, 7) is 1.25. The SMILES string of the molecule is CSCCC(N)C(=O)NC(C(=O)NC(CC(N)=O)C(=O)O)C(C)O. The second-order valence-electron chi connectivity index (χ2n) is 5.18. The number of nitrogens with one attached hydrogen (secondary N) is 2. The van der Waals surface area contributed by atoms with E-state index < -0.39 is 54.3 Å². The van der Waals surface area contributed by atoms with Crippen LogP contribution in [-0.2, 0) is 19.2 Å². The highest BCUT2D eigenvalue weighted by Gasteiger charge is 2.31. The molecule has 0 aliphatic rings. The molecule has 24 heavy (non-hydrogen) atoms. The van der Waals surface area contributed by atoms with Gasteiger partial charge in [-0.3, -0.25) is 14.4 Å². The first kappa shape index (κ1) is 22.1. The van der Waals surface area contributed by atoms with Gasteiger partial charge in [-0.15, -0.1) is 0 Å². The topological polar surface area (TPSA) is 185 Å². The molecule has 0 radical (unpaired) electrons.